The van der Waals surface area contributed by atoms with E-state index in [1.54, 1.807) is 0 Å². The minimum atomic E-state index is -0.137. The fourth-order valence-corrected chi connectivity index (χ4v) is 4.85. The fourth-order valence-electron chi connectivity index (χ4n) is 3.42. The lowest BCUT2D eigenvalue weighted by molar-refractivity contribution is 0.476. The van der Waals surface area contributed by atoms with Gasteiger partial charge >= 0.3 is 0 Å². The van der Waals surface area contributed by atoms with Crippen molar-refractivity contribution in [3.05, 3.63) is 29.8 Å². The van der Waals surface area contributed by atoms with Crippen LogP contribution >= 0.6 is 11.8 Å². The summed E-state index contributed by atoms with van der Waals surface area (Å²) in [6, 6.07) is 8.99. The maximum absolute atomic E-state index is 8.44. The zero-order valence-electron chi connectivity index (χ0n) is 12.3. The molecule has 2 fully saturated rings. The minimum Gasteiger partial charge on any atom is -0.358 e. The predicted octanol–water partition coefficient (Wildman–Crippen LogP) is 4.45. The number of para-hydroxylation sites is 1. The van der Waals surface area contributed by atoms with Gasteiger partial charge in [-0.25, -0.2) is 0 Å². The number of hydrogen-bond donors (Lipinski definition) is 0. The van der Waals surface area contributed by atoms with Gasteiger partial charge in [0.25, 0.3) is 0 Å². The lowest BCUT2D eigenvalue weighted by Crippen LogP contribution is -2.35. The van der Waals surface area contributed by atoms with E-state index in [0.717, 1.165) is 5.92 Å². The third-order valence-electron chi connectivity index (χ3n) is 4.50. The molecular weight excluding hydrogens is 238 g/mol. The number of hydrogen-bond acceptors (Lipinski definition) is 2. The molecule has 0 amide bonds. The Balaban J connectivity index is 1.84. The Kier molecular flexibility index (Phi) is 3.22. The van der Waals surface area contributed by atoms with Crippen molar-refractivity contribution < 1.29 is 1.37 Å². The number of benzene rings is 1. The SMILES string of the molecule is [2H]C1SC(C2CCCC2)[C@H](C)N1c1ccccc1C. The van der Waals surface area contributed by atoms with Gasteiger partial charge in [-0.2, -0.15) is 0 Å². The molecule has 1 aliphatic carbocycles. The van der Waals surface area contributed by atoms with Gasteiger partial charge in [-0.05, 0) is 44.2 Å². The van der Waals surface area contributed by atoms with E-state index >= 15 is 0 Å². The molecule has 1 saturated carbocycles. The molecule has 1 aromatic rings. The molecule has 1 nitrogen and oxygen atoms in total. The molecule has 98 valence electrons. The van der Waals surface area contributed by atoms with E-state index in [9.17, 15) is 0 Å². The Morgan fingerprint density at radius 2 is 2.00 bits per heavy atom. The first-order chi connectivity index (χ1) is 9.18. The monoisotopic (exact) mass is 262 g/mol. The summed E-state index contributed by atoms with van der Waals surface area (Å²) in [6.07, 6.45) is 5.52. The summed E-state index contributed by atoms with van der Waals surface area (Å²) in [7, 11) is 0. The van der Waals surface area contributed by atoms with Gasteiger partial charge in [-0.1, -0.05) is 31.0 Å². The molecule has 18 heavy (non-hydrogen) atoms. The Morgan fingerprint density at radius 3 is 2.72 bits per heavy atom. The van der Waals surface area contributed by atoms with E-state index in [4.69, 9.17) is 1.37 Å². The van der Waals surface area contributed by atoms with E-state index in [1.807, 2.05) is 11.8 Å². The van der Waals surface area contributed by atoms with Gasteiger partial charge in [0.1, 0.15) is 0 Å². The van der Waals surface area contributed by atoms with Crippen LogP contribution in [0.5, 0.6) is 0 Å². The van der Waals surface area contributed by atoms with E-state index in [-0.39, 0.29) is 5.85 Å². The van der Waals surface area contributed by atoms with E-state index in [1.165, 1.54) is 36.9 Å². The van der Waals surface area contributed by atoms with E-state index < -0.39 is 0 Å². The molecule has 0 bridgehead atoms. The maximum Gasteiger partial charge on any atom is 0.0646 e. The van der Waals surface area contributed by atoms with Gasteiger partial charge < -0.3 is 4.90 Å². The summed E-state index contributed by atoms with van der Waals surface area (Å²) >= 11 is 1.88. The Morgan fingerprint density at radius 1 is 1.28 bits per heavy atom. The Labute approximate surface area is 116 Å². The van der Waals surface area contributed by atoms with Crippen LogP contribution in [0.1, 0.15) is 39.5 Å². The standard InChI is InChI=1S/C16H23NS/c1-12-7-3-6-10-15(12)17-11-18-16(13(17)2)14-8-4-5-9-14/h3,6-7,10,13-14,16H,4-5,8-9,11H2,1-2H3/t13-,16?/m0/s1/i11D/t11?,13-,16?. The van der Waals surface area contributed by atoms with Crippen molar-refractivity contribution in [1.29, 1.82) is 0 Å². The minimum absolute atomic E-state index is 0.137. The van der Waals surface area contributed by atoms with Crippen molar-refractivity contribution in [3.63, 3.8) is 0 Å². The molecule has 2 aliphatic rings. The van der Waals surface area contributed by atoms with Crippen molar-refractivity contribution in [2.45, 2.75) is 50.8 Å². The third kappa shape index (κ3) is 2.16. The second-order valence-electron chi connectivity index (χ2n) is 5.69. The number of rotatable bonds is 2. The van der Waals surface area contributed by atoms with Gasteiger partial charge in [0.15, 0.2) is 0 Å². The number of anilines is 1. The third-order valence-corrected chi connectivity index (χ3v) is 5.95. The van der Waals surface area contributed by atoms with Crippen LogP contribution in [-0.4, -0.2) is 17.1 Å². The first-order valence-corrected chi connectivity index (χ1v) is 8.04. The average Bonchev–Trinajstić information content (AvgIpc) is 3.00. The molecule has 3 rings (SSSR count). The molecule has 0 N–H and O–H groups in total. The van der Waals surface area contributed by atoms with Crippen LogP contribution in [0.3, 0.4) is 0 Å². The lowest BCUT2D eigenvalue weighted by atomic mass is 9.97. The topological polar surface area (TPSA) is 3.24 Å². The Bertz CT molecular complexity index is 444. The highest BCUT2D eigenvalue weighted by atomic mass is 32.2. The van der Waals surface area contributed by atoms with E-state index in [0.29, 0.717) is 11.3 Å². The summed E-state index contributed by atoms with van der Waals surface area (Å²) in [5, 5.41) is 0.643. The van der Waals surface area contributed by atoms with Crippen molar-refractivity contribution in [3.8, 4) is 0 Å². The van der Waals surface area contributed by atoms with Crippen LogP contribution < -0.4 is 4.90 Å². The van der Waals surface area contributed by atoms with Crippen molar-refractivity contribution in [2.75, 3.05) is 10.8 Å². The van der Waals surface area contributed by atoms with Gasteiger partial charge in [-0.15, -0.1) is 11.8 Å². The van der Waals surface area contributed by atoms with Crippen LogP contribution in [0.25, 0.3) is 0 Å². The molecule has 0 spiro atoms. The molecule has 0 aromatic heterocycles. The molecule has 1 aromatic carbocycles. The van der Waals surface area contributed by atoms with Crippen LogP contribution in [0.4, 0.5) is 5.69 Å². The summed E-state index contributed by atoms with van der Waals surface area (Å²) in [6.45, 7) is 4.47. The molecule has 2 unspecified atom stereocenters. The van der Waals surface area contributed by atoms with Crippen molar-refractivity contribution in [2.24, 2.45) is 5.92 Å². The molecular formula is C16H23NS. The van der Waals surface area contributed by atoms with Gasteiger partial charge in [0.2, 0.25) is 0 Å². The predicted molar refractivity (Wildman–Crippen MR) is 81.3 cm³/mol. The van der Waals surface area contributed by atoms with E-state index in [2.05, 4.69) is 43.0 Å². The molecule has 2 heteroatoms. The number of nitrogens with zero attached hydrogens (tertiary/aromatic N) is 1. The highest BCUT2D eigenvalue weighted by Crippen LogP contribution is 2.43. The van der Waals surface area contributed by atoms with Crippen LogP contribution in [0.2, 0.25) is 0 Å². The van der Waals surface area contributed by atoms with Crippen molar-refractivity contribution >= 4 is 17.4 Å². The number of aryl methyl sites for hydroxylation is 1. The van der Waals surface area contributed by atoms with Gasteiger partial charge in [0, 0.05) is 17.0 Å². The molecule has 1 heterocycles. The summed E-state index contributed by atoms with van der Waals surface area (Å²) < 4.78 is 8.44. The highest BCUT2D eigenvalue weighted by molar-refractivity contribution is 8.00. The molecule has 1 aliphatic heterocycles. The molecule has 3 atom stereocenters. The number of thioether (sulfide) groups is 1. The zero-order valence-corrected chi connectivity index (χ0v) is 12.1. The zero-order chi connectivity index (χ0) is 13.4. The fraction of sp³-hybridized carbons (Fsp3) is 0.625. The molecule has 0 radical (unpaired) electrons. The smallest absolute Gasteiger partial charge is 0.0646 e. The van der Waals surface area contributed by atoms with Crippen LogP contribution in [0.15, 0.2) is 24.3 Å². The Hall–Kier alpha value is -0.630. The quantitative estimate of drug-likeness (QED) is 0.774. The summed E-state index contributed by atoms with van der Waals surface area (Å²) in [5.74, 6) is 0.698. The van der Waals surface area contributed by atoms with Gasteiger partial charge in [0.05, 0.1) is 7.22 Å². The van der Waals surface area contributed by atoms with Crippen LogP contribution in [0, 0.1) is 12.8 Å². The highest BCUT2D eigenvalue weighted by Gasteiger charge is 2.38. The lowest BCUT2D eigenvalue weighted by Gasteiger charge is -2.29. The average molecular weight is 262 g/mol. The second-order valence-corrected chi connectivity index (χ2v) is 6.71. The molecule has 1 saturated heterocycles. The van der Waals surface area contributed by atoms with Gasteiger partial charge in [-0.3, -0.25) is 0 Å². The first-order valence-electron chi connectivity index (χ1n) is 7.68. The van der Waals surface area contributed by atoms with Crippen LogP contribution in [-0.2, 0) is 0 Å². The summed E-state index contributed by atoms with van der Waals surface area (Å²) in [5.41, 5.74) is 2.54. The largest absolute Gasteiger partial charge is 0.358 e. The summed E-state index contributed by atoms with van der Waals surface area (Å²) in [4.78, 5) is 2.32. The normalized spacial score (nSPS) is 34.0. The second kappa shape index (κ2) is 5.16. The first kappa shape index (κ1) is 11.2. The maximum atomic E-state index is 8.44. The van der Waals surface area contributed by atoms with Crippen molar-refractivity contribution in [1.82, 2.24) is 0 Å².